The third-order valence-electron chi connectivity index (χ3n) is 1.95. The van der Waals surface area contributed by atoms with Crippen molar-refractivity contribution >= 4 is 17.3 Å². The highest BCUT2D eigenvalue weighted by Gasteiger charge is 1.97. The Bertz CT molecular complexity index is 437. The van der Waals surface area contributed by atoms with Crippen LogP contribution < -0.4 is 5.73 Å². The first-order chi connectivity index (χ1) is 6.75. The van der Waals surface area contributed by atoms with Crippen LogP contribution in [0.25, 0.3) is 11.1 Å². The zero-order valence-corrected chi connectivity index (χ0v) is 8.20. The van der Waals surface area contributed by atoms with E-state index in [9.17, 15) is 0 Å². The lowest BCUT2D eigenvalue weighted by Gasteiger charge is -2.01. The van der Waals surface area contributed by atoms with Crippen LogP contribution in [0.4, 0.5) is 5.69 Å². The van der Waals surface area contributed by atoms with Crippen molar-refractivity contribution in [2.45, 2.75) is 0 Å². The summed E-state index contributed by atoms with van der Waals surface area (Å²) in [4.78, 5) is 4.01. The van der Waals surface area contributed by atoms with Crippen LogP contribution in [-0.2, 0) is 0 Å². The summed E-state index contributed by atoms with van der Waals surface area (Å²) in [6.45, 7) is 0. The molecule has 0 unspecified atom stereocenters. The van der Waals surface area contributed by atoms with Gasteiger partial charge in [0.2, 0.25) is 0 Å². The summed E-state index contributed by atoms with van der Waals surface area (Å²) in [5, 5.41) is 0.498. The van der Waals surface area contributed by atoms with Gasteiger partial charge in [0.05, 0.1) is 0 Å². The molecule has 1 aromatic heterocycles. The van der Waals surface area contributed by atoms with Gasteiger partial charge in [0.25, 0.3) is 0 Å². The Hall–Kier alpha value is -1.54. The minimum absolute atomic E-state index is 0.498. The van der Waals surface area contributed by atoms with Gasteiger partial charge in [0, 0.05) is 17.4 Å². The number of rotatable bonds is 1. The highest BCUT2D eigenvalue weighted by Crippen LogP contribution is 2.21. The van der Waals surface area contributed by atoms with Crippen LogP contribution in [0.3, 0.4) is 0 Å². The minimum Gasteiger partial charge on any atom is -0.399 e. The van der Waals surface area contributed by atoms with Crippen molar-refractivity contribution in [3.63, 3.8) is 0 Å². The van der Waals surface area contributed by atoms with E-state index in [4.69, 9.17) is 17.3 Å². The van der Waals surface area contributed by atoms with Crippen molar-refractivity contribution in [3.05, 3.63) is 47.7 Å². The Morgan fingerprint density at radius 3 is 2.57 bits per heavy atom. The van der Waals surface area contributed by atoms with E-state index in [2.05, 4.69) is 4.98 Å². The molecule has 3 heteroatoms. The molecule has 0 saturated carbocycles. The summed E-state index contributed by atoms with van der Waals surface area (Å²) in [5.74, 6) is 0. The lowest BCUT2D eigenvalue weighted by molar-refractivity contribution is 1.33. The van der Waals surface area contributed by atoms with Crippen LogP contribution in [0.15, 0.2) is 42.6 Å². The van der Waals surface area contributed by atoms with Gasteiger partial charge in [0.15, 0.2) is 0 Å². The predicted octanol–water partition coefficient (Wildman–Crippen LogP) is 2.98. The van der Waals surface area contributed by atoms with Gasteiger partial charge in [0.1, 0.15) is 5.15 Å². The maximum absolute atomic E-state index is 5.69. The summed E-state index contributed by atoms with van der Waals surface area (Å²) >= 11 is 5.69. The maximum atomic E-state index is 5.69. The third kappa shape index (κ3) is 1.86. The molecular weight excluding hydrogens is 196 g/mol. The molecule has 0 bridgehead atoms. The van der Waals surface area contributed by atoms with E-state index in [1.54, 1.807) is 12.3 Å². The number of nitrogens with two attached hydrogens (primary N) is 1. The van der Waals surface area contributed by atoms with E-state index in [-0.39, 0.29) is 0 Å². The summed E-state index contributed by atoms with van der Waals surface area (Å²) in [7, 11) is 0. The Kier molecular flexibility index (Phi) is 2.37. The molecule has 0 atom stereocenters. The molecule has 0 fully saturated rings. The number of nitrogen functional groups attached to an aromatic ring is 1. The van der Waals surface area contributed by atoms with Crippen LogP contribution in [-0.4, -0.2) is 4.98 Å². The van der Waals surface area contributed by atoms with Crippen LogP contribution in [0.1, 0.15) is 0 Å². The van der Waals surface area contributed by atoms with E-state index < -0.39 is 0 Å². The Balaban J connectivity index is 2.44. The van der Waals surface area contributed by atoms with Crippen molar-refractivity contribution in [2.24, 2.45) is 0 Å². The average molecular weight is 205 g/mol. The van der Waals surface area contributed by atoms with Gasteiger partial charge in [-0.2, -0.15) is 0 Å². The molecule has 0 spiro atoms. The Labute approximate surface area is 87.4 Å². The standard InChI is InChI=1S/C11H9ClN2/c12-11-5-4-9(7-14-11)8-2-1-3-10(13)6-8/h1-7H,13H2. The zero-order chi connectivity index (χ0) is 9.97. The summed E-state index contributed by atoms with van der Waals surface area (Å²) in [6, 6.07) is 11.3. The highest BCUT2D eigenvalue weighted by atomic mass is 35.5. The van der Waals surface area contributed by atoms with E-state index in [1.165, 1.54) is 0 Å². The number of hydrogen-bond donors (Lipinski definition) is 1. The zero-order valence-electron chi connectivity index (χ0n) is 7.44. The number of benzene rings is 1. The second-order valence-corrected chi connectivity index (χ2v) is 3.38. The molecule has 0 saturated heterocycles. The molecule has 2 rings (SSSR count). The molecule has 70 valence electrons. The molecule has 1 aromatic carbocycles. The van der Waals surface area contributed by atoms with Crippen molar-refractivity contribution in [1.82, 2.24) is 4.98 Å². The molecule has 0 radical (unpaired) electrons. The number of pyridine rings is 1. The molecule has 2 aromatic rings. The first-order valence-electron chi connectivity index (χ1n) is 4.23. The predicted molar refractivity (Wildman–Crippen MR) is 59.1 cm³/mol. The summed E-state index contributed by atoms with van der Waals surface area (Å²) < 4.78 is 0. The number of hydrogen-bond acceptors (Lipinski definition) is 2. The van der Waals surface area contributed by atoms with Crippen LogP contribution in [0.5, 0.6) is 0 Å². The Morgan fingerprint density at radius 1 is 1.07 bits per heavy atom. The third-order valence-corrected chi connectivity index (χ3v) is 2.17. The van der Waals surface area contributed by atoms with Gasteiger partial charge in [-0.1, -0.05) is 23.7 Å². The van der Waals surface area contributed by atoms with Gasteiger partial charge in [-0.3, -0.25) is 0 Å². The largest absolute Gasteiger partial charge is 0.399 e. The number of anilines is 1. The second kappa shape index (κ2) is 3.68. The second-order valence-electron chi connectivity index (χ2n) is 3.00. The average Bonchev–Trinajstić information content (AvgIpc) is 2.19. The maximum Gasteiger partial charge on any atom is 0.129 e. The molecule has 14 heavy (non-hydrogen) atoms. The lowest BCUT2D eigenvalue weighted by Crippen LogP contribution is -1.85. The molecule has 0 aliphatic carbocycles. The van der Waals surface area contributed by atoms with E-state index in [0.29, 0.717) is 5.15 Å². The topological polar surface area (TPSA) is 38.9 Å². The van der Waals surface area contributed by atoms with E-state index in [1.807, 2.05) is 30.3 Å². The first-order valence-corrected chi connectivity index (χ1v) is 4.61. The van der Waals surface area contributed by atoms with Crippen molar-refractivity contribution in [3.8, 4) is 11.1 Å². The number of aromatic nitrogens is 1. The molecule has 1 heterocycles. The quantitative estimate of drug-likeness (QED) is 0.573. The molecule has 2 N–H and O–H groups in total. The SMILES string of the molecule is Nc1cccc(-c2ccc(Cl)nc2)c1. The van der Waals surface area contributed by atoms with Gasteiger partial charge in [-0.05, 0) is 29.8 Å². The van der Waals surface area contributed by atoms with Gasteiger partial charge in [-0.25, -0.2) is 4.98 Å². The van der Waals surface area contributed by atoms with Crippen LogP contribution >= 0.6 is 11.6 Å². The molecular formula is C11H9ClN2. The Morgan fingerprint density at radius 2 is 1.93 bits per heavy atom. The van der Waals surface area contributed by atoms with Crippen molar-refractivity contribution < 1.29 is 0 Å². The van der Waals surface area contributed by atoms with Crippen LogP contribution in [0.2, 0.25) is 5.15 Å². The van der Waals surface area contributed by atoms with Crippen molar-refractivity contribution in [2.75, 3.05) is 5.73 Å². The number of nitrogens with zero attached hydrogens (tertiary/aromatic N) is 1. The molecule has 0 aliphatic rings. The summed E-state index contributed by atoms with van der Waals surface area (Å²) in [6.07, 6.45) is 1.73. The van der Waals surface area contributed by atoms with E-state index >= 15 is 0 Å². The van der Waals surface area contributed by atoms with Gasteiger partial charge >= 0.3 is 0 Å². The monoisotopic (exact) mass is 204 g/mol. The summed E-state index contributed by atoms with van der Waals surface area (Å²) in [5.41, 5.74) is 8.49. The first kappa shape index (κ1) is 9.03. The van der Waals surface area contributed by atoms with Crippen molar-refractivity contribution in [1.29, 1.82) is 0 Å². The van der Waals surface area contributed by atoms with Gasteiger partial charge in [-0.15, -0.1) is 0 Å². The highest BCUT2D eigenvalue weighted by molar-refractivity contribution is 6.29. The smallest absolute Gasteiger partial charge is 0.129 e. The van der Waals surface area contributed by atoms with E-state index in [0.717, 1.165) is 16.8 Å². The number of halogens is 1. The lowest BCUT2D eigenvalue weighted by atomic mass is 10.1. The fraction of sp³-hybridized carbons (Fsp3) is 0. The molecule has 2 nitrogen and oxygen atoms in total. The molecule has 0 aliphatic heterocycles. The fourth-order valence-corrected chi connectivity index (χ4v) is 1.38. The van der Waals surface area contributed by atoms with Gasteiger partial charge < -0.3 is 5.73 Å². The molecule has 0 amide bonds. The van der Waals surface area contributed by atoms with Crippen LogP contribution in [0, 0.1) is 0 Å². The normalized spacial score (nSPS) is 10.1. The fourth-order valence-electron chi connectivity index (χ4n) is 1.26. The minimum atomic E-state index is 0.498.